The Balaban J connectivity index is 1.72. The first kappa shape index (κ1) is 15.4. The summed E-state index contributed by atoms with van der Waals surface area (Å²) in [7, 11) is 0. The number of fused-ring (bicyclic) bond motifs is 3. The first-order valence-electron chi connectivity index (χ1n) is 8.36. The second kappa shape index (κ2) is 5.30. The number of benzene rings is 1. The van der Waals surface area contributed by atoms with Crippen molar-refractivity contribution >= 4 is 38.8 Å². The van der Waals surface area contributed by atoms with Crippen LogP contribution in [0.5, 0.6) is 0 Å². The van der Waals surface area contributed by atoms with Crippen molar-refractivity contribution in [3.8, 4) is 0 Å². The maximum atomic E-state index is 13.3. The molecule has 8 heteroatoms. The van der Waals surface area contributed by atoms with Crippen molar-refractivity contribution in [3.63, 3.8) is 0 Å². The molecule has 0 atom stereocenters. The molecule has 3 heterocycles. The van der Waals surface area contributed by atoms with Crippen LogP contribution >= 0.6 is 0 Å². The molecule has 132 valence electrons. The van der Waals surface area contributed by atoms with Crippen LogP contribution in [-0.2, 0) is 0 Å². The zero-order valence-corrected chi connectivity index (χ0v) is 13.6. The van der Waals surface area contributed by atoms with Crippen molar-refractivity contribution in [2.75, 3.05) is 11.9 Å². The second-order valence-corrected chi connectivity index (χ2v) is 6.57. The molecule has 1 aliphatic heterocycles. The number of pyridine rings is 1. The van der Waals surface area contributed by atoms with E-state index in [1.807, 2.05) is 6.07 Å². The number of halogens is 3. The maximum Gasteiger partial charge on any atom is 0.433 e. The molecule has 1 saturated carbocycles. The van der Waals surface area contributed by atoms with E-state index in [-0.39, 0.29) is 17.8 Å². The van der Waals surface area contributed by atoms with E-state index in [0.717, 1.165) is 34.8 Å². The number of aromatic nitrogens is 3. The van der Waals surface area contributed by atoms with Gasteiger partial charge in [0, 0.05) is 28.1 Å². The van der Waals surface area contributed by atoms with E-state index in [4.69, 9.17) is 0 Å². The third kappa shape index (κ3) is 2.44. The van der Waals surface area contributed by atoms with Crippen molar-refractivity contribution in [1.82, 2.24) is 15.2 Å². The molecule has 0 amide bonds. The van der Waals surface area contributed by atoms with Gasteiger partial charge < -0.3 is 5.32 Å². The summed E-state index contributed by atoms with van der Waals surface area (Å²) in [4.78, 5) is 8.12. The molecule has 0 spiro atoms. The van der Waals surface area contributed by atoms with Crippen LogP contribution in [0.2, 0.25) is 0 Å². The Morgan fingerprint density at radius 2 is 2.04 bits per heavy atom. The van der Waals surface area contributed by atoms with Gasteiger partial charge in [-0.25, -0.2) is 4.98 Å². The van der Waals surface area contributed by atoms with Crippen molar-refractivity contribution in [1.29, 1.82) is 0 Å². The number of nitrogens with one attached hydrogen (secondary N) is 2. The van der Waals surface area contributed by atoms with Crippen molar-refractivity contribution < 1.29 is 13.2 Å². The summed E-state index contributed by atoms with van der Waals surface area (Å²) in [6.45, 7) is 0.0239. The Bertz CT molecular complexity index is 1090. The van der Waals surface area contributed by atoms with E-state index in [9.17, 15) is 13.2 Å². The van der Waals surface area contributed by atoms with Crippen LogP contribution in [0.1, 0.15) is 18.5 Å². The monoisotopic (exact) mass is 357 g/mol. The van der Waals surface area contributed by atoms with Crippen LogP contribution in [0.3, 0.4) is 0 Å². The minimum Gasteiger partial charge on any atom is -0.382 e. The lowest BCUT2D eigenvalue weighted by molar-refractivity contribution is -0.0571. The van der Waals surface area contributed by atoms with Crippen LogP contribution in [0, 0.1) is 0 Å². The highest BCUT2D eigenvalue weighted by Gasteiger charge is 2.40. The van der Waals surface area contributed by atoms with Crippen LogP contribution in [-0.4, -0.2) is 39.7 Å². The van der Waals surface area contributed by atoms with Gasteiger partial charge in [-0.15, -0.1) is 0 Å². The summed E-state index contributed by atoms with van der Waals surface area (Å²) < 4.78 is 39.8. The lowest BCUT2D eigenvalue weighted by Gasteiger charge is -2.15. The van der Waals surface area contributed by atoms with Gasteiger partial charge in [0.25, 0.3) is 0 Å². The number of hydrogen-bond donors (Lipinski definition) is 2. The first-order chi connectivity index (χ1) is 12.5. The summed E-state index contributed by atoms with van der Waals surface area (Å²) in [5.41, 5.74) is 1.76. The topological polar surface area (TPSA) is 66.0 Å². The Hall–Kier alpha value is -2.90. The average Bonchev–Trinajstić information content (AvgIpc) is 3.11. The summed E-state index contributed by atoms with van der Waals surface area (Å²) in [5, 5.41) is 12.2. The van der Waals surface area contributed by atoms with Crippen molar-refractivity contribution in [2.45, 2.75) is 25.1 Å². The molecule has 5 nitrogen and oxygen atoms in total. The summed E-state index contributed by atoms with van der Waals surface area (Å²) in [6, 6.07) is 5.69. The first-order valence-corrected chi connectivity index (χ1v) is 8.36. The maximum absolute atomic E-state index is 13.3. The lowest BCUT2D eigenvalue weighted by atomic mass is 10.0. The smallest absolute Gasteiger partial charge is 0.382 e. The lowest BCUT2D eigenvalue weighted by Crippen LogP contribution is -2.23. The number of hydrogen-bond acceptors (Lipinski definition) is 4. The van der Waals surface area contributed by atoms with E-state index in [2.05, 4.69) is 25.5 Å². The van der Waals surface area contributed by atoms with E-state index < -0.39 is 11.9 Å². The minimum absolute atomic E-state index is 0.0239. The van der Waals surface area contributed by atoms with Crippen molar-refractivity contribution in [2.24, 2.45) is 4.99 Å². The van der Waals surface area contributed by atoms with E-state index in [1.165, 1.54) is 6.08 Å². The van der Waals surface area contributed by atoms with Gasteiger partial charge in [0.05, 0.1) is 29.5 Å². The number of rotatable bonds is 3. The fourth-order valence-electron chi connectivity index (χ4n) is 3.33. The van der Waals surface area contributed by atoms with Crippen LogP contribution in [0.15, 0.2) is 35.5 Å². The molecule has 0 bridgehead atoms. The number of nitrogens with zero attached hydrogens (tertiary/aromatic N) is 3. The molecule has 1 aromatic carbocycles. The van der Waals surface area contributed by atoms with Gasteiger partial charge in [-0.1, -0.05) is 6.08 Å². The number of alkyl halides is 3. The number of allylic oxidation sites excluding steroid dienone is 1. The Labute approximate surface area is 146 Å². The van der Waals surface area contributed by atoms with Gasteiger partial charge in [-0.05, 0) is 31.0 Å². The van der Waals surface area contributed by atoms with Gasteiger partial charge in [-0.2, -0.15) is 18.3 Å². The van der Waals surface area contributed by atoms with Crippen LogP contribution in [0.25, 0.3) is 27.4 Å². The summed E-state index contributed by atoms with van der Waals surface area (Å²) in [6.07, 6.45) is 0.817. The van der Waals surface area contributed by atoms with Crippen LogP contribution < -0.4 is 5.32 Å². The Kier molecular flexibility index (Phi) is 3.13. The highest BCUT2D eigenvalue weighted by molar-refractivity contribution is 6.28. The van der Waals surface area contributed by atoms with Gasteiger partial charge in [-0.3, -0.25) is 10.1 Å². The third-order valence-electron chi connectivity index (χ3n) is 4.67. The minimum atomic E-state index is -4.49. The Morgan fingerprint density at radius 1 is 1.19 bits per heavy atom. The number of anilines is 1. The zero-order chi connectivity index (χ0) is 17.9. The molecule has 0 saturated heterocycles. The molecule has 1 aliphatic carbocycles. The van der Waals surface area contributed by atoms with Gasteiger partial charge in [0.2, 0.25) is 0 Å². The SMILES string of the molecule is FC(F)(F)C1=NCC=C1c1cc(NC2CC2)c2c(ccc3[nH]ncc32)n1. The number of aliphatic imine (C=N–C) groups is 1. The fourth-order valence-corrected chi connectivity index (χ4v) is 3.33. The molecule has 2 aliphatic rings. The standard InChI is InChI=1S/C18H14F3N5/c19-18(20,21)17-10(5-6-22-17)14-7-15(24-9-1-2-9)16-11-8-23-26-12(11)3-4-13(16)25-14/h3-5,7-9H,1-2,6H2,(H,23,26)(H,24,25). The number of H-pyrrole nitrogens is 1. The normalized spacial score (nSPS) is 17.7. The zero-order valence-electron chi connectivity index (χ0n) is 13.6. The van der Waals surface area contributed by atoms with Crippen molar-refractivity contribution in [3.05, 3.63) is 36.2 Å². The quantitative estimate of drug-likeness (QED) is 0.742. The third-order valence-corrected chi connectivity index (χ3v) is 4.67. The van der Waals surface area contributed by atoms with Crippen LogP contribution in [0.4, 0.5) is 18.9 Å². The largest absolute Gasteiger partial charge is 0.433 e. The second-order valence-electron chi connectivity index (χ2n) is 6.57. The molecule has 5 rings (SSSR count). The highest BCUT2D eigenvalue weighted by Crippen LogP contribution is 2.37. The molecule has 0 unspecified atom stereocenters. The molecular weight excluding hydrogens is 343 g/mol. The predicted molar refractivity (Wildman–Crippen MR) is 94.4 cm³/mol. The molecule has 26 heavy (non-hydrogen) atoms. The van der Waals surface area contributed by atoms with Gasteiger partial charge in [0.15, 0.2) is 0 Å². The molecule has 2 N–H and O–H groups in total. The highest BCUT2D eigenvalue weighted by atomic mass is 19.4. The predicted octanol–water partition coefficient (Wildman–Crippen LogP) is 4.09. The molecule has 3 aromatic rings. The number of aromatic amines is 1. The molecule has 1 fully saturated rings. The van der Waals surface area contributed by atoms with E-state index in [1.54, 1.807) is 18.3 Å². The van der Waals surface area contributed by atoms with Gasteiger partial charge in [0.1, 0.15) is 5.71 Å². The Morgan fingerprint density at radius 3 is 2.81 bits per heavy atom. The summed E-state index contributed by atoms with van der Waals surface area (Å²) >= 11 is 0. The van der Waals surface area contributed by atoms with E-state index in [0.29, 0.717) is 11.6 Å². The molecule has 0 radical (unpaired) electrons. The average molecular weight is 357 g/mol. The molecular formula is C18H14F3N5. The molecule has 2 aromatic heterocycles. The van der Waals surface area contributed by atoms with Gasteiger partial charge >= 0.3 is 6.18 Å². The summed E-state index contributed by atoms with van der Waals surface area (Å²) in [5.74, 6) is 0. The van der Waals surface area contributed by atoms with E-state index >= 15 is 0 Å². The fraction of sp³-hybridized carbons (Fsp3) is 0.278.